The topological polar surface area (TPSA) is 80.7 Å². The van der Waals surface area contributed by atoms with Gasteiger partial charge in [0.05, 0.1) is 39.1 Å². The number of amides is 1. The van der Waals surface area contributed by atoms with Gasteiger partial charge in [-0.25, -0.2) is 5.01 Å². The molecule has 0 aromatic heterocycles. The second kappa shape index (κ2) is 11.4. The van der Waals surface area contributed by atoms with Crippen LogP contribution in [-0.2, 0) is 14.3 Å². The molecule has 4 rings (SSSR count). The van der Waals surface area contributed by atoms with Crippen LogP contribution < -0.4 is 9.47 Å². The molecule has 2 aliphatic heterocycles. The predicted octanol–water partition coefficient (Wildman–Crippen LogP) is 3.80. The average molecular weight is 480 g/mol. The van der Waals surface area contributed by atoms with E-state index in [2.05, 4.69) is 0 Å². The lowest BCUT2D eigenvalue weighted by atomic mass is 9.97. The van der Waals surface area contributed by atoms with Crippen LogP contribution in [-0.4, -0.2) is 67.5 Å². The Balaban J connectivity index is 1.62. The van der Waals surface area contributed by atoms with E-state index >= 15 is 0 Å². The molecule has 2 aromatic rings. The van der Waals surface area contributed by atoms with Gasteiger partial charge in [-0.05, 0) is 62.2 Å². The number of hydrogen-bond acceptors (Lipinski definition) is 7. The van der Waals surface area contributed by atoms with Crippen LogP contribution in [0.15, 0.2) is 53.6 Å². The summed E-state index contributed by atoms with van der Waals surface area (Å²) in [7, 11) is 3.26. The van der Waals surface area contributed by atoms with Crippen molar-refractivity contribution in [3.8, 4) is 11.5 Å². The maximum absolute atomic E-state index is 13.7. The van der Waals surface area contributed by atoms with Gasteiger partial charge in [0, 0.05) is 12.0 Å². The number of carbonyl (C=O) groups is 2. The summed E-state index contributed by atoms with van der Waals surface area (Å²) >= 11 is 0. The number of hydrazone groups is 1. The highest BCUT2D eigenvalue weighted by Gasteiger charge is 2.38. The molecule has 8 nitrogen and oxygen atoms in total. The Bertz CT molecular complexity index is 1070. The molecule has 0 saturated carbocycles. The minimum atomic E-state index is -0.398. The molecule has 1 amide bonds. The number of likely N-dealkylation sites (tertiary alicyclic amines) is 1. The number of carbonyl (C=O) groups excluding carboxylic acids is 2. The first-order chi connectivity index (χ1) is 17.0. The molecule has 0 bridgehead atoms. The van der Waals surface area contributed by atoms with E-state index in [0.29, 0.717) is 31.7 Å². The number of benzene rings is 2. The molecule has 2 aromatic carbocycles. The molecule has 8 heteroatoms. The highest BCUT2D eigenvalue weighted by atomic mass is 16.5. The number of esters is 1. The maximum atomic E-state index is 13.7. The highest BCUT2D eigenvalue weighted by Crippen LogP contribution is 2.37. The van der Waals surface area contributed by atoms with Gasteiger partial charge in [-0.15, -0.1) is 0 Å². The molecular formula is C27H33N3O5. The molecule has 2 aliphatic rings. The van der Waals surface area contributed by atoms with Gasteiger partial charge in [0.25, 0.3) is 5.91 Å². The zero-order valence-corrected chi connectivity index (χ0v) is 20.6. The first-order valence-electron chi connectivity index (χ1n) is 12.1. The zero-order valence-electron chi connectivity index (χ0n) is 20.6. The molecule has 1 fully saturated rings. The smallest absolute Gasteiger partial charge is 0.323 e. The van der Waals surface area contributed by atoms with E-state index in [1.165, 1.54) is 0 Å². The van der Waals surface area contributed by atoms with Crippen LogP contribution in [0.1, 0.15) is 49.8 Å². The summed E-state index contributed by atoms with van der Waals surface area (Å²) in [6, 6.07) is 14.7. The number of hydrogen-bond donors (Lipinski definition) is 0. The average Bonchev–Trinajstić information content (AvgIpc) is 3.34. The number of nitrogens with zero attached hydrogens (tertiary/aromatic N) is 3. The van der Waals surface area contributed by atoms with Crippen molar-refractivity contribution in [3.05, 3.63) is 59.7 Å². The number of ether oxygens (including phenoxy) is 3. The summed E-state index contributed by atoms with van der Waals surface area (Å²) in [5, 5.41) is 6.34. The summed E-state index contributed by atoms with van der Waals surface area (Å²) in [6.07, 6.45) is 3.14. The van der Waals surface area contributed by atoms with Crippen molar-refractivity contribution in [1.82, 2.24) is 9.91 Å². The van der Waals surface area contributed by atoms with E-state index in [1.54, 1.807) is 26.2 Å². The van der Waals surface area contributed by atoms with Gasteiger partial charge >= 0.3 is 5.97 Å². The van der Waals surface area contributed by atoms with Crippen LogP contribution in [0.5, 0.6) is 11.5 Å². The highest BCUT2D eigenvalue weighted by molar-refractivity contribution is 6.03. The molecule has 35 heavy (non-hydrogen) atoms. The molecule has 0 radical (unpaired) electrons. The summed E-state index contributed by atoms with van der Waals surface area (Å²) in [6.45, 7) is 2.91. The van der Waals surface area contributed by atoms with Gasteiger partial charge in [-0.3, -0.25) is 14.5 Å². The molecule has 0 N–H and O–H groups in total. The van der Waals surface area contributed by atoms with Gasteiger partial charge in [0.15, 0.2) is 0 Å². The molecule has 2 unspecified atom stereocenters. The second-order valence-corrected chi connectivity index (χ2v) is 8.71. The van der Waals surface area contributed by atoms with Gasteiger partial charge in [0.1, 0.15) is 17.5 Å². The molecule has 0 spiro atoms. The molecule has 0 aliphatic carbocycles. The van der Waals surface area contributed by atoms with Gasteiger partial charge in [-0.1, -0.05) is 24.6 Å². The van der Waals surface area contributed by atoms with Crippen molar-refractivity contribution in [1.29, 1.82) is 0 Å². The first-order valence-corrected chi connectivity index (χ1v) is 12.1. The SMILES string of the molecule is CCOC(=O)C1CCCCN1CC(=O)N1N=C(c2ccc(OC)cc2)CC1c1ccccc1OC. The third-order valence-electron chi connectivity index (χ3n) is 6.60. The molecule has 1 saturated heterocycles. The minimum Gasteiger partial charge on any atom is -0.497 e. The predicted molar refractivity (Wildman–Crippen MR) is 133 cm³/mol. The van der Waals surface area contributed by atoms with Crippen molar-refractivity contribution in [2.75, 3.05) is 33.9 Å². The standard InChI is InChI=1S/C27H33N3O5/c1-4-35-27(32)23-10-7-8-16-29(23)18-26(31)30-24(21-9-5-6-11-25(21)34-3)17-22(28-30)19-12-14-20(33-2)15-13-19/h5-6,9,11-15,23-24H,4,7-8,10,16-18H2,1-3H3. The van der Waals surface area contributed by atoms with Crippen molar-refractivity contribution >= 4 is 17.6 Å². The summed E-state index contributed by atoms with van der Waals surface area (Å²) in [4.78, 5) is 28.1. The molecular weight excluding hydrogens is 446 g/mol. The van der Waals surface area contributed by atoms with Crippen LogP contribution >= 0.6 is 0 Å². The number of methoxy groups -OCH3 is 2. The number of para-hydroxylation sites is 1. The Morgan fingerprint density at radius 1 is 1.03 bits per heavy atom. The maximum Gasteiger partial charge on any atom is 0.323 e. The van der Waals surface area contributed by atoms with E-state index in [0.717, 1.165) is 35.4 Å². The first kappa shape index (κ1) is 24.7. The fourth-order valence-electron chi connectivity index (χ4n) is 4.81. The Kier molecular flexibility index (Phi) is 8.02. The third-order valence-corrected chi connectivity index (χ3v) is 6.60. The van der Waals surface area contributed by atoms with Crippen LogP contribution in [0.4, 0.5) is 0 Å². The fraction of sp³-hybridized carbons (Fsp3) is 0.444. The fourth-order valence-corrected chi connectivity index (χ4v) is 4.81. The van der Waals surface area contributed by atoms with E-state index in [-0.39, 0.29) is 24.5 Å². The molecule has 2 heterocycles. The minimum absolute atomic E-state index is 0.106. The Hall–Kier alpha value is -3.39. The monoisotopic (exact) mass is 479 g/mol. The van der Waals surface area contributed by atoms with Gasteiger partial charge < -0.3 is 14.2 Å². The summed E-state index contributed by atoms with van der Waals surface area (Å²) in [5.74, 6) is 1.06. The van der Waals surface area contributed by atoms with Crippen LogP contribution in [0.3, 0.4) is 0 Å². The van der Waals surface area contributed by atoms with Crippen molar-refractivity contribution in [2.24, 2.45) is 5.10 Å². The summed E-state index contributed by atoms with van der Waals surface area (Å²) < 4.78 is 16.2. The quantitative estimate of drug-likeness (QED) is 0.536. The van der Waals surface area contributed by atoms with Crippen LogP contribution in [0.25, 0.3) is 0 Å². The van der Waals surface area contributed by atoms with E-state index < -0.39 is 6.04 Å². The Morgan fingerprint density at radius 2 is 1.80 bits per heavy atom. The van der Waals surface area contributed by atoms with Gasteiger partial charge in [0.2, 0.25) is 0 Å². The van der Waals surface area contributed by atoms with Crippen molar-refractivity contribution < 1.29 is 23.8 Å². The van der Waals surface area contributed by atoms with E-state index in [1.807, 2.05) is 53.4 Å². The lowest BCUT2D eigenvalue weighted by Crippen LogP contribution is -2.49. The lowest BCUT2D eigenvalue weighted by molar-refractivity contribution is -0.152. The van der Waals surface area contributed by atoms with Gasteiger partial charge in [-0.2, -0.15) is 5.10 Å². The second-order valence-electron chi connectivity index (χ2n) is 8.71. The number of piperidine rings is 1. The van der Waals surface area contributed by atoms with Crippen molar-refractivity contribution in [3.63, 3.8) is 0 Å². The van der Waals surface area contributed by atoms with Crippen LogP contribution in [0, 0.1) is 0 Å². The zero-order chi connectivity index (χ0) is 24.8. The van der Waals surface area contributed by atoms with Crippen LogP contribution in [0.2, 0.25) is 0 Å². The largest absolute Gasteiger partial charge is 0.497 e. The normalized spacial score (nSPS) is 20.3. The molecule has 186 valence electrons. The van der Waals surface area contributed by atoms with Crippen molar-refractivity contribution in [2.45, 2.75) is 44.7 Å². The summed E-state index contributed by atoms with van der Waals surface area (Å²) in [5.41, 5.74) is 2.65. The van der Waals surface area contributed by atoms with E-state index in [9.17, 15) is 9.59 Å². The molecule has 2 atom stereocenters. The Morgan fingerprint density at radius 3 is 2.51 bits per heavy atom. The third kappa shape index (κ3) is 5.48. The Labute approximate surface area is 206 Å². The number of rotatable bonds is 8. The van der Waals surface area contributed by atoms with E-state index in [4.69, 9.17) is 19.3 Å². The lowest BCUT2D eigenvalue weighted by Gasteiger charge is -2.34.